The molecule has 0 fully saturated rings. The molecule has 1 atom stereocenters. The summed E-state index contributed by atoms with van der Waals surface area (Å²) in [4.78, 5) is 11.3. The van der Waals surface area contributed by atoms with Gasteiger partial charge < -0.3 is 9.05 Å². The fraction of sp³-hybridized carbons (Fsp3) is 0.172. The van der Waals surface area contributed by atoms with Crippen molar-refractivity contribution >= 4 is 17.6 Å². The van der Waals surface area contributed by atoms with Crippen LogP contribution in [0.15, 0.2) is 120 Å². The number of benzene rings is 4. The van der Waals surface area contributed by atoms with Gasteiger partial charge >= 0.3 is 7.60 Å². The molecular weight excluding hydrogens is 551 g/mol. The third-order valence-electron chi connectivity index (χ3n) is 6.20. The zero-order valence-electron chi connectivity index (χ0n) is 21.8. The molecule has 0 radical (unpaired) electrons. The Bertz CT molecular complexity index is 1520. The van der Waals surface area contributed by atoms with Crippen LogP contribution in [0.3, 0.4) is 0 Å². The molecule has 11 heteroatoms. The minimum absolute atomic E-state index is 0.0619. The van der Waals surface area contributed by atoms with Crippen LogP contribution in [0, 0.1) is 17.0 Å². The van der Waals surface area contributed by atoms with E-state index in [0.29, 0.717) is 11.1 Å². The number of sulfonamides is 1. The van der Waals surface area contributed by atoms with Crippen LogP contribution < -0.4 is 4.72 Å². The lowest BCUT2D eigenvalue weighted by molar-refractivity contribution is -0.487. The van der Waals surface area contributed by atoms with Crippen LogP contribution in [-0.2, 0) is 42.1 Å². The Kier molecular flexibility index (Phi) is 9.29. The molecule has 208 valence electrons. The molecule has 0 aromatic heterocycles. The van der Waals surface area contributed by atoms with Crippen molar-refractivity contribution in [2.24, 2.45) is 0 Å². The Morgan fingerprint density at radius 1 is 0.775 bits per heavy atom. The topological polar surface area (TPSA) is 125 Å². The summed E-state index contributed by atoms with van der Waals surface area (Å²) in [5.74, 6) is 0. The van der Waals surface area contributed by atoms with E-state index >= 15 is 4.57 Å². The van der Waals surface area contributed by atoms with Gasteiger partial charge in [0.2, 0.25) is 21.8 Å². The Morgan fingerprint density at radius 2 is 1.23 bits per heavy atom. The van der Waals surface area contributed by atoms with Crippen molar-refractivity contribution in [3.63, 3.8) is 0 Å². The summed E-state index contributed by atoms with van der Waals surface area (Å²) in [5.41, 5.74) is 2.12. The van der Waals surface area contributed by atoms with Crippen LogP contribution in [0.1, 0.15) is 22.3 Å². The highest BCUT2D eigenvalue weighted by Gasteiger charge is 2.59. The summed E-state index contributed by atoms with van der Waals surface area (Å²) in [5, 5.41) is 9.78. The van der Waals surface area contributed by atoms with Gasteiger partial charge in [0, 0.05) is 4.92 Å². The maximum atomic E-state index is 15.0. The molecule has 9 nitrogen and oxygen atoms in total. The van der Waals surface area contributed by atoms with E-state index in [2.05, 4.69) is 4.72 Å². The first kappa shape index (κ1) is 29.3. The van der Waals surface area contributed by atoms with Crippen LogP contribution >= 0.6 is 7.60 Å². The molecule has 0 heterocycles. The molecule has 1 unspecified atom stereocenters. The van der Waals surface area contributed by atoms with Gasteiger partial charge in [0.25, 0.3) is 0 Å². The van der Waals surface area contributed by atoms with Crippen molar-refractivity contribution in [1.82, 2.24) is 4.72 Å². The van der Waals surface area contributed by atoms with Gasteiger partial charge in [0.05, 0.1) is 18.1 Å². The SMILES string of the molecule is Cc1ccc(S(=O)(=O)NC(C[N+](=O)[O-])(c2ccccc2)P(=O)(OCc2ccccc2)OCc2ccccc2)cc1. The van der Waals surface area contributed by atoms with Crippen molar-refractivity contribution in [3.05, 3.63) is 148 Å². The Balaban J connectivity index is 1.89. The lowest BCUT2D eigenvalue weighted by Gasteiger charge is -2.37. The monoisotopic (exact) mass is 580 g/mol. The molecular formula is C29H29N2O7PS. The van der Waals surface area contributed by atoms with Crippen LogP contribution in [0.4, 0.5) is 0 Å². The molecule has 40 heavy (non-hydrogen) atoms. The molecule has 4 aromatic rings. The zero-order chi connectivity index (χ0) is 28.6. The summed E-state index contributed by atoms with van der Waals surface area (Å²) in [6, 6.07) is 31.2. The van der Waals surface area contributed by atoms with Crippen LogP contribution in [0.2, 0.25) is 0 Å². The lowest BCUT2D eigenvalue weighted by Crippen LogP contribution is -2.51. The number of nitrogens with zero attached hydrogens (tertiary/aromatic N) is 1. The van der Waals surface area contributed by atoms with E-state index < -0.39 is 34.4 Å². The predicted octanol–water partition coefficient (Wildman–Crippen LogP) is 6.03. The molecule has 0 bridgehead atoms. The minimum Gasteiger partial charge on any atom is -0.302 e. The molecule has 0 saturated heterocycles. The van der Waals surface area contributed by atoms with Crippen LogP contribution in [-0.4, -0.2) is 19.9 Å². The maximum absolute atomic E-state index is 15.0. The molecule has 0 aliphatic rings. The van der Waals surface area contributed by atoms with Crippen molar-refractivity contribution in [2.75, 3.05) is 6.54 Å². The molecule has 0 aliphatic carbocycles. The summed E-state index contributed by atoms with van der Waals surface area (Å²) < 4.78 is 56.8. The smallest absolute Gasteiger partial charge is 0.302 e. The fourth-order valence-electron chi connectivity index (χ4n) is 4.11. The molecule has 0 amide bonds. The summed E-state index contributed by atoms with van der Waals surface area (Å²) >= 11 is 0. The first-order valence-corrected chi connectivity index (χ1v) is 15.4. The van der Waals surface area contributed by atoms with Crippen molar-refractivity contribution in [3.8, 4) is 0 Å². The van der Waals surface area contributed by atoms with Crippen molar-refractivity contribution in [1.29, 1.82) is 0 Å². The van der Waals surface area contributed by atoms with Gasteiger partial charge in [-0.3, -0.25) is 14.7 Å². The Morgan fingerprint density at radius 3 is 1.68 bits per heavy atom. The number of hydrogen-bond acceptors (Lipinski definition) is 7. The Labute approximate surface area is 233 Å². The van der Waals surface area contributed by atoms with Gasteiger partial charge in [-0.15, -0.1) is 0 Å². The molecule has 0 aliphatic heterocycles. The van der Waals surface area contributed by atoms with Crippen molar-refractivity contribution < 1.29 is 27.0 Å². The predicted molar refractivity (Wildman–Crippen MR) is 152 cm³/mol. The molecule has 0 spiro atoms. The van der Waals surface area contributed by atoms with Gasteiger partial charge in [0.1, 0.15) is 0 Å². The first-order valence-electron chi connectivity index (χ1n) is 12.4. The highest BCUT2D eigenvalue weighted by Crippen LogP contribution is 2.65. The van der Waals surface area contributed by atoms with Gasteiger partial charge in [-0.25, -0.2) is 8.42 Å². The van der Waals surface area contributed by atoms with E-state index in [4.69, 9.17) is 9.05 Å². The lowest BCUT2D eigenvalue weighted by atomic mass is 10.1. The highest BCUT2D eigenvalue weighted by atomic mass is 32.2. The molecule has 4 aromatic carbocycles. The number of nitro groups is 1. The quantitative estimate of drug-likeness (QED) is 0.116. The van der Waals surface area contributed by atoms with Crippen LogP contribution in [0.25, 0.3) is 0 Å². The average molecular weight is 581 g/mol. The number of hydrogen-bond donors (Lipinski definition) is 1. The zero-order valence-corrected chi connectivity index (χ0v) is 23.5. The van der Waals surface area contributed by atoms with E-state index in [1.165, 1.54) is 24.3 Å². The highest BCUT2D eigenvalue weighted by molar-refractivity contribution is 7.89. The van der Waals surface area contributed by atoms with Gasteiger partial charge in [-0.1, -0.05) is 109 Å². The fourth-order valence-corrected chi connectivity index (χ4v) is 8.06. The van der Waals surface area contributed by atoms with E-state index in [-0.39, 0.29) is 23.7 Å². The maximum Gasteiger partial charge on any atom is 0.363 e. The number of rotatable bonds is 13. The summed E-state index contributed by atoms with van der Waals surface area (Å²) in [7, 11) is -9.19. The second kappa shape index (κ2) is 12.7. The largest absolute Gasteiger partial charge is 0.363 e. The second-order valence-electron chi connectivity index (χ2n) is 9.15. The second-order valence-corrected chi connectivity index (χ2v) is 13.1. The standard InChI is InChI=1S/C29H29N2O7PS/c1-24-17-19-28(20-18-24)40(35,36)30-29(23-31(32)33,27-15-9-4-10-16-27)39(34,37-21-25-11-5-2-6-12-25)38-22-26-13-7-3-8-14-26/h2-20,30H,21-23H2,1H3. The Hall–Kier alpha value is -3.66. The summed E-state index contributed by atoms with van der Waals surface area (Å²) in [6.07, 6.45) is 0. The van der Waals surface area contributed by atoms with Gasteiger partial charge in [-0.05, 0) is 35.7 Å². The summed E-state index contributed by atoms with van der Waals surface area (Å²) in [6.45, 7) is 0.202. The number of nitrogens with one attached hydrogen (secondary N) is 1. The first-order chi connectivity index (χ1) is 19.1. The van der Waals surface area contributed by atoms with Gasteiger partial charge in [0.15, 0.2) is 0 Å². The van der Waals surface area contributed by atoms with Gasteiger partial charge in [-0.2, -0.15) is 4.72 Å². The molecule has 1 N–H and O–H groups in total. The molecule has 0 saturated carbocycles. The van der Waals surface area contributed by atoms with E-state index in [1.54, 1.807) is 97.9 Å². The van der Waals surface area contributed by atoms with E-state index in [9.17, 15) is 18.5 Å². The van der Waals surface area contributed by atoms with E-state index in [0.717, 1.165) is 5.56 Å². The third-order valence-corrected chi connectivity index (χ3v) is 10.2. The number of aryl methyl sites for hydroxylation is 1. The van der Waals surface area contributed by atoms with Crippen molar-refractivity contribution in [2.45, 2.75) is 30.3 Å². The minimum atomic E-state index is -4.73. The third kappa shape index (κ3) is 6.91. The molecule has 4 rings (SSSR count). The normalized spacial score (nSPS) is 13.4. The average Bonchev–Trinajstić information content (AvgIpc) is 2.96. The van der Waals surface area contributed by atoms with Crippen LogP contribution in [0.5, 0.6) is 0 Å². The van der Waals surface area contributed by atoms with E-state index in [1.807, 2.05) is 0 Å².